The predicted octanol–water partition coefficient (Wildman–Crippen LogP) is 3.35. The van der Waals surface area contributed by atoms with Gasteiger partial charge in [0.25, 0.3) is 0 Å². The molecule has 1 aliphatic rings. The summed E-state index contributed by atoms with van der Waals surface area (Å²) in [5, 5.41) is 9.54. The SMILES string of the molecule is COc1ccc(Br)c(C2(C(=O)O)CCCC2)c1. The maximum absolute atomic E-state index is 11.6. The van der Waals surface area contributed by atoms with Crippen LogP contribution < -0.4 is 4.74 Å². The van der Waals surface area contributed by atoms with Crippen LogP contribution in [0.25, 0.3) is 0 Å². The number of benzene rings is 1. The zero-order valence-electron chi connectivity index (χ0n) is 9.70. The summed E-state index contributed by atoms with van der Waals surface area (Å²) in [7, 11) is 1.59. The molecular formula is C13H15BrO3. The summed E-state index contributed by atoms with van der Waals surface area (Å²) in [6.45, 7) is 0. The zero-order chi connectivity index (χ0) is 12.5. The molecule has 0 atom stereocenters. The molecule has 1 fully saturated rings. The number of carbonyl (C=O) groups is 1. The summed E-state index contributed by atoms with van der Waals surface area (Å²) < 4.78 is 6.03. The van der Waals surface area contributed by atoms with E-state index < -0.39 is 11.4 Å². The Morgan fingerprint density at radius 2 is 2.06 bits per heavy atom. The van der Waals surface area contributed by atoms with E-state index in [1.165, 1.54) is 0 Å². The van der Waals surface area contributed by atoms with Crippen LogP contribution in [0.2, 0.25) is 0 Å². The summed E-state index contributed by atoms with van der Waals surface area (Å²) in [6, 6.07) is 5.53. The summed E-state index contributed by atoms with van der Waals surface area (Å²) in [4.78, 5) is 11.6. The third kappa shape index (κ3) is 2.06. The Labute approximate surface area is 109 Å². The molecule has 3 nitrogen and oxygen atoms in total. The summed E-state index contributed by atoms with van der Waals surface area (Å²) in [5.74, 6) is -0.0281. The summed E-state index contributed by atoms with van der Waals surface area (Å²) >= 11 is 3.45. The first kappa shape index (κ1) is 12.4. The van der Waals surface area contributed by atoms with Crippen molar-refractivity contribution in [2.24, 2.45) is 0 Å². The van der Waals surface area contributed by atoms with Gasteiger partial charge in [0.15, 0.2) is 0 Å². The number of carboxylic acids is 1. The van der Waals surface area contributed by atoms with Crippen molar-refractivity contribution in [3.63, 3.8) is 0 Å². The molecule has 0 heterocycles. The number of hydrogen-bond acceptors (Lipinski definition) is 2. The van der Waals surface area contributed by atoms with Crippen LogP contribution in [0.15, 0.2) is 22.7 Å². The number of carboxylic acid groups (broad SMARTS) is 1. The van der Waals surface area contributed by atoms with Gasteiger partial charge in [-0.15, -0.1) is 0 Å². The van der Waals surface area contributed by atoms with Gasteiger partial charge in [-0.1, -0.05) is 28.8 Å². The van der Waals surface area contributed by atoms with Crippen LogP contribution in [-0.2, 0) is 10.2 Å². The molecular weight excluding hydrogens is 284 g/mol. The highest BCUT2D eigenvalue weighted by molar-refractivity contribution is 9.10. The number of rotatable bonds is 3. The van der Waals surface area contributed by atoms with Gasteiger partial charge < -0.3 is 9.84 Å². The van der Waals surface area contributed by atoms with Gasteiger partial charge in [0.2, 0.25) is 0 Å². The molecule has 1 N–H and O–H groups in total. The monoisotopic (exact) mass is 298 g/mol. The van der Waals surface area contributed by atoms with Crippen LogP contribution in [-0.4, -0.2) is 18.2 Å². The van der Waals surface area contributed by atoms with E-state index in [1.807, 2.05) is 18.2 Å². The van der Waals surface area contributed by atoms with Crippen LogP contribution in [0, 0.1) is 0 Å². The van der Waals surface area contributed by atoms with E-state index in [0.717, 1.165) is 22.9 Å². The van der Waals surface area contributed by atoms with Crippen molar-refractivity contribution >= 4 is 21.9 Å². The van der Waals surface area contributed by atoms with E-state index in [1.54, 1.807) is 7.11 Å². The van der Waals surface area contributed by atoms with E-state index in [4.69, 9.17) is 4.74 Å². The van der Waals surface area contributed by atoms with Crippen molar-refractivity contribution < 1.29 is 14.6 Å². The van der Waals surface area contributed by atoms with Crippen molar-refractivity contribution in [3.05, 3.63) is 28.2 Å². The molecule has 0 amide bonds. The number of aliphatic carboxylic acids is 1. The molecule has 0 radical (unpaired) electrons. The lowest BCUT2D eigenvalue weighted by atomic mass is 9.79. The highest BCUT2D eigenvalue weighted by Crippen LogP contribution is 2.45. The van der Waals surface area contributed by atoms with Crippen LogP contribution in [0.3, 0.4) is 0 Å². The molecule has 17 heavy (non-hydrogen) atoms. The Hall–Kier alpha value is -1.03. The first-order chi connectivity index (χ1) is 8.10. The second-order valence-electron chi connectivity index (χ2n) is 4.44. The smallest absolute Gasteiger partial charge is 0.314 e. The van der Waals surface area contributed by atoms with Gasteiger partial charge in [-0.25, -0.2) is 0 Å². The molecule has 0 spiro atoms. The lowest BCUT2D eigenvalue weighted by Gasteiger charge is -2.26. The molecule has 0 bridgehead atoms. The van der Waals surface area contributed by atoms with E-state index >= 15 is 0 Å². The normalized spacial score (nSPS) is 18.0. The zero-order valence-corrected chi connectivity index (χ0v) is 11.3. The van der Waals surface area contributed by atoms with Crippen molar-refractivity contribution in [2.45, 2.75) is 31.1 Å². The fraction of sp³-hybridized carbons (Fsp3) is 0.462. The van der Waals surface area contributed by atoms with Crippen molar-refractivity contribution in [3.8, 4) is 5.75 Å². The maximum atomic E-state index is 11.6. The molecule has 1 aromatic carbocycles. The average molecular weight is 299 g/mol. The van der Waals surface area contributed by atoms with Gasteiger partial charge >= 0.3 is 5.97 Å². The molecule has 2 rings (SSSR count). The molecule has 0 aliphatic heterocycles. The molecule has 1 aromatic rings. The second-order valence-corrected chi connectivity index (χ2v) is 5.29. The van der Waals surface area contributed by atoms with Gasteiger partial charge in [-0.2, -0.15) is 0 Å². The lowest BCUT2D eigenvalue weighted by molar-refractivity contribution is -0.143. The molecule has 0 aromatic heterocycles. The van der Waals surface area contributed by atoms with Gasteiger partial charge in [-0.05, 0) is 36.6 Å². The highest BCUT2D eigenvalue weighted by atomic mass is 79.9. The lowest BCUT2D eigenvalue weighted by Crippen LogP contribution is -2.33. The van der Waals surface area contributed by atoms with E-state index in [0.29, 0.717) is 18.6 Å². The molecule has 92 valence electrons. The van der Waals surface area contributed by atoms with E-state index in [9.17, 15) is 9.90 Å². The molecule has 4 heteroatoms. The van der Waals surface area contributed by atoms with Crippen molar-refractivity contribution in [1.29, 1.82) is 0 Å². The van der Waals surface area contributed by atoms with E-state index in [2.05, 4.69) is 15.9 Å². The quantitative estimate of drug-likeness (QED) is 0.931. The third-order valence-electron chi connectivity index (χ3n) is 3.56. The Morgan fingerprint density at radius 1 is 1.41 bits per heavy atom. The minimum Gasteiger partial charge on any atom is -0.497 e. The standard InChI is InChI=1S/C13H15BrO3/c1-17-9-4-5-11(14)10(8-9)13(12(15)16)6-2-3-7-13/h4-5,8H,2-3,6-7H2,1H3,(H,15,16). The number of halogens is 1. The molecule has 1 saturated carbocycles. The number of ether oxygens (including phenoxy) is 1. The van der Waals surface area contributed by atoms with Gasteiger partial charge in [0.1, 0.15) is 5.75 Å². The van der Waals surface area contributed by atoms with Crippen molar-refractivity contribution in [2.75, 3.05) is 7.11 Å². The van der Waals surface area contributed by atoms with Gasteiger partial charge in [-0.3, -0.25) is 4.79 Å². The number of methoxy groups -OCH3 is 1. The molecule has 0 unspecified atom stereocenters. The summed E-state index contributed by atoms with van der Waals surface area (Å²) in [5.41, 5.74) is 0.0924. The fourth-order valence-electron chi connectivity index (χ4n) is 2.58. The maximum Gasteiger partial charge on any atom is 0.314 e. The third-order valence-corrected chi connectivity index (χ3v) is 4.25. The largest absolute Gasteiger partial charge is 0.497 e. The molecule has 1 aliphatic carbocycles. The molecule has 0 saturated heterocycles. The topological polar surface area (TPSA) is 46.5 Å². The Morgan fingerprint density at radius 3 is 2.59 bits per heavy atom. The van der Waals surface area contributed by atoms with Crippen LogP contribution in [0.5, 0.6) is 5.75 Å². The van der Waals surface area contributed by atoms with Crippen LogP contribution >= 0.6 is 15.9 Å². The Balaban J connectivity index is 2.53. The number of hydrogen-bond donors (Lipinski definition) is 1. The second kappa shape index (κ2) is 4.69. The van der Waals surface area contributed by atoms with Gasteiger partial charge in [0, 0.05) is 4.47 Å². The average Bonchev–Trinajstić information content (AvgIpc) is 2.80. The summed E-state index contributed by atoms with van der Waals surface area (Å²) in [6.07, 6.45) is 3.34. The minimum absolute atomic E-state index is 0.702. The highest BCUT2D eigenvalue weighted by Gasteiger charge is 2.44. The van der Waals surface area contributed by atoms with Crippen LogP contribution in [0.1, 0.15) is 31.2 Å². The Bertz CT molecular complexity index is 436. The fourth-order valence-corrected chi connectivity index (χ4v) is 3.20. The first-order valence-electron chi connectivity index (χ1n) is 5.67. The predicted molar refractivity (Wildman–Crippen MR) is 68.5 cm³/mol. The van der Waals surface area contributed by atoms with E-state index in [-0.39, 0.29) is 0 Å². The van der Waals surface area contributed by atoms with Gasteiger partial charge in [0.05, 0.1) is 12.5 Å². The Kier molecular flexibility index (Phi) is 3.43. The minimum atomic E-state index is -0.743. The van der Waals surface area contributed by atoms with Crippen molar-refractivity contribution in [1.82, 2.24) is 0 Å². The first-order valence-corrected chi connectivity index (χ1v) is 6.47. The van der Waals surface area contributed by atoms with Crippen LogP contribution in [0.4, 0.5) is 0 Å².